The van der Waals surface area contributed by atoms with Crippen molar-refractivity contribution in [2.75, 3.05) is 0 Å². The summed E-state index contributed by atoms with van der Waals surface area (Å²) in [6, 6.07) is 18.3. The van der Waals surface area contributed by atoms with E-state index in [0.29, 0.717) is 12.1 Å². The molecule has 0 aromatic heterocycles. The predicted molar refractivity (Wildman–Crippen MR) is 80.1 cm³/mol. The lowest BCUT2D eigenvalue weighted by Crippen LogP contribution is -2.47. The van der Waals surface area contributed by atoms with Crippen molar-refractivity contribution in [1.82, 2.24) is 5.32 Å². The van der Waals surface area contributed by atoms with Crippen LogP contribution in [0.5, 0.6) is 0 Å². The van der Waals surface area contributed by atoms with Gasteiger partial charge in [-0.3, -0.25) is 19.9 Å². The highest BCUT2D eigenvalue weighted by molar-refractivity contribution is 6.48. The zero-order valence-electron chi connectivity index (χ0n) is 11.3. The zero-order chi connectivity index (χ0) is 14.7. The van der Waals surface area contributed by atoms with Crippen LogP contribution in [-0.2, 0) is 16.0 Å². The molecule has 1 heterocycles. The summed E-state index contributed by atoms with van der Waals surface area (Å²) in [4.78, 5) is 28.3. The largest absolute Gasteiger partial charge is 0.289 e. The van der Waals surface area contributed by atoms with E-state index in [1.54, 1.807) is 0 Å². The van der Waals surface area contributed by atoms with E-state index in [-0.39, 0.29) is 5.91 Å². The normalized spacial score (nSPS) is 18.1. The third kappa shape index (κ3) is 2.89. The molecule has 1 unspecified atom stereocenters. The number of hydrogen-bond donors (Lipinski definition) is 1. The van der Waals surface area contributed by atoms with Gasteiger partial charge in [-0.05, 0) is 5.56 Å². The SMILES string of the molecule is O=C1NC(=O)C(Cc2ccccc2)N=C1c1ccccc1. The lowest BCUT2D eigenvalue weighted by molar-refractivity contribution is -0.128. The number of hydrogen-bond acceptors (Lipinski definition) is 3. The van der Waals surface area contributed by atoms with Crippen molar-refractivity contribution in [2.45, 2.75) is 12.5 Å². The first kappa shape index (κ1) is 13.2. The molecule has 4 heteroatoms. The molecule has 0 radical (unpaired) electrons. The Morgan fingerprint density at radius 3 is 2.19 bits per heavy atom. The topological polar surface area (TPSA) is 58.5 Å². The maximum atomic E-state index is 11.9. The van der Waals surface area contributed by atoms with E-state index in [1.807, 2.05) is 60.7 Å². The van der Waals surface area contributed by atoms with Crippen LogP contribution >= 0.6 is 0 Å². The molecule has 1 aliphatic rings. The second-order valence-corrected chi connectivity index (χ2v) is 4.87. The van der Waals surface area contributed by atoms with Crippen LogP contribution in [0.4, 0.5) is 0 Å². The molecule has 0 saturated heterocycles. The number of benzene rings is 2. The molecule has 0 bridgehead atoms. The first-order valence-corrected chi connectivity index (χ1v) is 6.76. The first-order valence-electron chi connectivity index (χ1n) is 6.76. The van der Waals surface area contributed by atoms with Gasteiger partial charge in [0.05, 0.1) is 0 Å². The molecule has 3 rings (SSSR count). The van der Waals surface area contributed by atoms with Gasteiger partial charge in [0.15, 0.2) is 0 Å². The smallest absolute Gasteiger partial charge is 0.276 e. The van der Waals surface area contributed by atoms with Crippen LogP contribution in [0.1, 0.15) is 11.1 Å². The van der Waals surface area contributed by atoms with E-state index in [9.17, 15) is 9.59 Å². The standard InChI is InChI=1S/C17H14N2O2/c20-16-14(11-12-7-3-1-4-8-12)18-15(17(21)19-16)13-9-5-2-6-10-13/h1-10,14H,11H2,(H,19,20,21). The van der Waals surface area contributed by atoms with Gasteiger partial charge in [-0.1, -0.05) is 60.7 Å². The molecule has 104 valence electrons. The molecule has 1 aliphatic heterocycles. The molecule has 1 N–H and O–H groups in total. The average Bonchev–Trinajstić information content (AvgIpc) is 2.52. The maximum Gasteiger partial charge on any atom is 0.276 e. The van der Waals surface area contributed by atoms with Gasteiger partial charge in [-0.2, -0.15) is 0 Å². The van der Waals surface area contributed by atoms with Crippen LogP contribution in [0.25, 0.3) is 0 Å². The number of rotatable bonds is 3. The number of nitrogens with zero attached hydrogens (tertiary/aromatic N) is 1. The zero-order valence-corrected chi connectivity index (χ0v) is 11.3. The summed E-state index contributed by atoms with van der Waals surface area (Å²) in [5.74, 6) is -0.779. The first-order chi connectivity index (χ1) is 10.2. The summed E-state index contributed by atoms with van der Waals surface area (Å²) in [6.45, 7) is 0. The van der Waals surface area contributed by atoms with Gasteiger partial charge in [-0.25, -0.2) is 0 Å². The van der Waals surface area contributed by atoms with Gasteiger partial charge < -0.3 is 0 Å². The molecule has 2 aromatic rings. The van der Waals surface area contributed by atoms with Crippen molar-refractivity contribution in [3.8, 4) is 0 Å². The fourth-order valence-electron chi connectivity index (χ4n) is 2.30. The molecule has 0 fully saturated rings. The molecular weight excluding hydrogens is 264 g/mol. The fourth-order valence-corrected chi connectivity index (χ4v) is 2.30. The quantitative estimate of drug-likeness (QED) is 0.869. The Labute approximate surface area is 122 Å². The minimum atomic E-state index is -0.569. The van der Waals surface area contributed by atoms with E-state index in [2.05, 4.69) is 10.3 Å². The summed E-state index contributed by atoms with van der Waals surface area (Å²) in [6.07, 6.45) is 0.482. The molecule has 0 saturated carbocycles. The number of amides is 2. The van der Waals surface area contributed by atoms with Crippen molar-refractivity contribution in [3.63, 3.8) is 0 Å². The van der Waals surface area contributed by atoms with E-state index in [0.717, 1.165) is 11.1 Å². The summed E-state index contributed by atoms with van der Waals surface area (Å²) in [5, 5.41) is 2.39. The monoisotopic (exact) mass is 278 g/mol. The average molecular weight is 278 g/mol. The van der Waals surface area contributed by atoms with Gasteiger partial charge in [-0.15, -0.1) is 0 Å². The predicted octanol–water partition coefficient (Wildman–Crippen LogP) is 1.74. The minimum absolute atomic E-state index is 0.316. The third-order valence-corrected chi connectivity index (χ3v) is 3.36. The van der Waals surface area contributed by atoms with E-state index >= 15 is 0 Å². The Kier molecular flexibility index (Phi) is 3.60. The Balaban J connectivity index is 1.91. The number of carbonyl (C=O) groups excluding carboxylic acids is 2. The van der Waals surface area contributed by atoms with Gasteiger partial charge >= 0.3 is 0 Å². The third-order valence-electron chi connectivity index (χ3n) is 3.36. The Morgan fingerprint density at radius 2 is 1.52 bits per heavy atom. The molecule has 0 aliphatic carbocycles. The highest BCUT2D eigenvalue weighted by atomic mass is 16.2. The lowest BCUT2D eigenvalue weighted by Gasteiger charge is -2.19. The van der Waals surface area contributed by atoms with E-state index < -0.39 is 11.9 Å². The summed E-state index contributed by atoms with van der Waals surface area (Å²) in [5.41, 5.74) is 2.06. The molecule has 0 spiro atoms. The molecule has 2 amide bonds. The van der Waals surface area contributed by atoms with Crippen molar-refractivity contribution in [1.29, 1.82) is 0 Å². The Hall–Kier alpha value is -2.75. The van der Waals surface area contributed by atoms with Gasteiger partial charge in [0.25, 0.3) is 11.8 Å². The Morgan fingerprint density at radius 1 is 0.905 bits per heavy atom. The summed E-state index contributed by atoms with van der Waals surface area (Å²) >= 11 is 0. The fraction of sp³-hybridized carbons (Fsp3) is 0.118. The second-order valence-electron chi connectivity index (χ2n) is 4.87. The van der Waals surface area contributed by atoms with Crippen LogP contribution in [0.15, 0.2) is 65.7 Å². The summed E-state index contributed by atoms with van der Waals surface area (Å²) < 4.78 is 0. The van der Waals surface area contributed by atoms with Crippen molar-refractivity contribution in [2.24, 2.45) is 4.99 Å². The number of aliphatic imine (C=N–C) groups is 1. The second kappa shape index (κ2) is 5.71. The lowest BCUT2D eigenvalue weighted by atomic mass is 10.0. The van der Waals surface area contributed by atoms with Crippen molar-refractivity contribution >= 4 is 17.5 Å². The number of carbonyl (C=O) groups is 2. The molecule has 4 nitrogen and oxygen atoms in total. The number of nitrogens with one attached hydrogen (secondary N) is 1. The van der Waals surface area contributed by atoms with Crippen LogP contribution in [0, 0.1) is 0 Å². The molecule has 1 atom stereocenters. The minimum Gasteiger partial charge on any atom is -0.289 e. The molecular formula is C17H14N2O2. The maximum absolute atomic E-state index is 11.9. The molecule has 21 heavy (non-hydrogen) atoms. The van der Waals surface area contributed by atoms with Crippen molar-refractivity contribution in [3.05, 3.63) is 71.8 Å². The van der Waals surface area contributed by atoms with Crippen molar-refractivity contribution < 1.29 is 9.59 Å². The molecule has 2 aromatic carbocycles. The van der Waals surface area contributed by atoms with Gasteiger partial charge in [0.1, 0.15) is 11.8 Å². The van der Waals surface area contributed by atoms with Crippen LogP contribution < -0.4 is 5.32 Å². The van der Waals surface area contributed by atoms with Crippen LogP contribution in [0.2, 0.25) is 0 Å². The van der Waals surface area contributed by atoms with Crippen LogP contribution in [-0.4, -0.2) is 23.6 Å². The Bertz CT molecular complexity index is 693. The highest BCUT2D eigenvalue weighted by Crippen LogP contribution is 2.12. The van der Waals surface area contributed by atoms with Crippen LogP contribution in [0.3, 0.4) is 0 Å². The van der Waals surface area contributed by atoms with E-state index in [4.69, 9.17) is 0 Å². The summed E-state index contributed by atoms with van der Waals surface area (Å²) in [7, 11) is 0. The van der Waals surface area contributed by atoms with Gasteiger partial charge in [0, 0.05) is 12.0 Å². The number of imide groups is 1. The van der Waals surface area contributed by atoms with E-state index in [1.165, 1.54) is 0 Å². The van der Waals surface area contributed by atoms with Gasteiger partial charge in [0.2, 0.25) is 0 Å². The highest BCUT2D eigenvalue weighted by Gasteiger charge is 2.29.